The van der Waals surface area contributed by atoms with Gasteiger partial charge in [0.2, 0.25) is 0 Å². The Kier molecular flexibility index (Phi) is 7.83. The highest BCUT2D eigenvalue weighted by Gasteiger charge is 2.38. The molecule has 0 saturated carbocycles. The molecule has 3 aromatic carbocycles. The van der Waals surface area contributed by atoms with Gasteiger partial charge >= 0.3 is 0 Å². The molecule has 12 nitrogen and oxygen atoms in total. The third-order valence-corrected chi connectivity index (χ3v) is 8.74. The predicted molar refractivity (Wildman–Crippen MR) is 168 cm³/mol. The number of hydrogen-bond donors (Lipinski definition) is 2. The SMILES string of the molecule is COc1cc2c(cc1OCc1cccc(COc3cc4c(cc3OC)C(=O)N3C[C@@H](O)C[C@H]3C=N4)c1)N=C[C@@H]1C[C@H](O)CN1C2=O. The van der Waals surface area contributed by atoms with Gasteiger partial charge in [0, 0.05) is 50.5 Å². The molecule has 0 spiro atoms. The van der Waals surface area contributed by atoms with Crippen LogP contribution in [0.1, 0.15) is 44.7 Å². The third-order valence-electron chi connectivity index (χ3n) is 8.74. The maximum Gasteiger partial charge on any atom is 0.256 e. The first-order valence-electron chi connectivity index (χ1n) is 15.1. The zero-order valence-corrected chi connectivity index (χ0v) is 25.5. The number of amides is 2. The van der Waals surface area contributed by atoms with Crippen molar-refractivity contribution in [1.82, 2.24) is 9.80 Å². The first-order chi connectivity index (χ1) is 22.3. The molecule has 3 aromatic rings. The lowest BCUT2D eigenvalue weighted by atomic mass is 10.1. The number of rotatable bonds is 8. The minimum Gasteiger partial charge on any atom is -0.493 e. The Morgan fingerprint density at radius 2 is 1.15 bits per heavy atom. The lowest BCUT2D eigenvalue weighted by Gasteiger charge is -2.20. The number of carbonyl (C=O) groups is 2. The van der Waals surface area contributed by atoms with E-state index in [1.54, 1.807) is 46.5 Å². The summed E-state index contributed by atoms with van der Waals surface area (Å²) in [6.45, 7) is 1.00. The fourth-order valence-electron chi connectivity index (χ4n) is 6.41. The van der Waals surface area contributed by atoms with Gasteiger partial charge in [0.15, 0.2) is 23.0 Å². The molecular formula is C34H34N4O8. The molecule has 0 bridgehead atoms. The highest BCUT2D eigenvalue weighted by atomic mass is 16.5. The zero-order chi connectivity index (χ0) is 31.9. The number of fused-ring (bicyclic) bond motifs is 4. The van der Waals surface area contributed by atoms with E-state index < -0.39 is 12.2 Å². The average Bonchev–Trinajstić information content (AvgIpc) is 3.57. The lowest BCUT2D eigenvalue weighted by Crippen LogP contribution is -2.35. The molecule has 2 fully saturated rings. The molecule has 4 heterocycles. The van der Waals surface area contributed by atoms with Crippen molar-refractivity contribution >= 4 is 35.6 Å². The Labute approximate surface area is 265 Å². The van der Waals surface area contributed by atoms with Crippen LogP contribution in [0.4, 0.5) is 11.4 Å². The van der Waals surface area contributed by atoms with Crippen LogP contribution in [0.15, 0.2) is 58.5 Å². The van der Waals surface area contributed by atoms with Crippen molar-refractivity contribution < 1.29 is 38.7 Å². The van der Waals surface area contributed by atoms with Gasteiger partial charge in [-0.2, -0.15) is 0 Å². The van der Waals surface area contributed by atoms with E-state index in [4.69, 9.17) is 18.9 Å². The van der Waals surface area contributed by atoms with Crippen molar-refractivity contribution in [3.8, 4) is 23.0 Å². The summed E-state index contributed by atoms with van der Waals surface area (Å²) in [5.74, 6) is 1.33. The summed E-state index contributed by atoms with van der Waals surface area (Å²) >= 11 is 0. The summed E-state index contributed by atoms with van der Waals surface area (Å²) in [6, 6.07) is 14.0. The van der Waals surface area contributed by atoms with Crippen LogP contribution in [0.5, 0.6) is 23.0 Å². The van der Waals surface area contributed by atoms with Crippen LogP contribution in [0, 0.1) is 0 Å². The van der Waals surface area contributed by atoms with Crippen LogP contribution in [0.25, 0.3) is 0 Å². The summed E-state index contributed by atoms with van der Waals surface area (Å²) in [6.07, 6.45) is 3.20. The van der Waals surface area contributed by atoms with Gasteiger partial charge in [0.25, 0.3) is 11.8 Å². The summed E-state index contributed by atoms with van der Waals surface area (Å²) in [5, 5.41) is 20.1. The Balaban J connectivity index is 1.05. The summed E-state index contributed by atoms with van der Waals surface area (Å²) < 4.78 is 23.4. The Bertz CT molecular complexity index is 1630. The molecule has 4 atom stereocenters. The van der Waals surface area contributed by atoms with Crippen molar-refractivity contribution in [1.29, 1.82) is 0 Å². The van der Waals surface area contributed by atoms with Gasteiger partial charge in [-0.3, -0.25) is 19.6 Å². The summed E-state index contributed by atoms with van der Waals surface area (Å²) in [4.78, 5) is 38.8. The molecule has 2 saturated heterocycles. The number of aliphatic hydroxyl groups excluding tert-OH is 2. The van der Waals surface area contributed by atoms with Crippen LogP contribution in [0.2, 0.25) is 0 Å². The maximum absolute atomic E-state index is 13.2. The van der Waals surface area contributed by atoms with E-state index in [9.17, 15) is 19.8 Å². The van der Waals surface area contributed by atoms with Crippen molar-refractivity contribution in [3.63, 3.8) is 0 Å². The highest BCUT2D eigenvalue weighted by Crippen LogP contribution is 2.40. The van der Waals surface area contributed by atoms with Crippen LogP contribution in [0.3, 0.4) is 0 Å². The van der Waals surface area contributed by atoms with Gasteiger partial charge in [-0.15, -0.1) is 0 Å². The largest absolute Gasteiger partial charge is 0.493 e. The average molecular weight is 627 g/mol. The van der Waals surface area contributed by atoms with E-state index in [-0.39, 0.29) is 50.2 Å². The first-order valence-corrected chi connectivity index (χ1v) is 15.1. The number of benzene rings is 3. The van der Waals surface area contributed by atoms with Gasteiger partial charge in [-0.25, -0.2) is 0 Å². The topological polar surface area (TPSA) is 143 Å². The standard InChI is InChI=1S/C34H34N4O8/c1-43-29-9-25-27(35-13-21-7-23(39)15-37(21)33(25)41)11-31(29)45-17-19-4-3-5-20(6-19)18-46-32-12-28-26(10-30(32)44-2)34(42)38-16-24(40)8-22(38)14-36-28/h3-6,9-14,21-24,39-40H,7-8,15-18H2,1-2H3/t21-,22-,23-,24-/m0/s1. The van der Waals surface area contributed by atoms with E-state index in [2.05, 4.69) is 9.98 Å². The van der Waals surface area contributed by atoms with Crippen LogP contribution in [-0.4, -0.2) is 95.9 Å². The second-order valence-electron chi connectivity index (χ2n) is 11.8. The number of methoxy groups -OCH3 is 2. The summed E-state index contributed by atoms with van der Waals surface area (Å²) in [5.41, 5.74) is 3.56. The van der Waals surface area contributed by atoms with Gasteiger partial charge in [-0.05, 0) is 29.3 Å². The monoisotopic (exact) mass is 626 g/mol. The zero-order valence-electron chi connectivity index (χ0n) is 25.5. The normalized spacial score (nSPS) is 22.9. The first kappa shape index (κ1) is 29.8. The van der Waals surface area contributed by atoms with Crippen molar-refractivity contribution in [2.75, 3.05) is 27.3 Å². The van der Waals surface area contributed by atoms with Crippen molar-refractivity contribution in [2.45, 2.75) is 50.3 Å². The minimum atomic E-state index is -0.563. The minimum absolute atomic E-state index is 0.198. The smallest absolute Gasteiger partial charge is 0.256 e. The molecule has 2 N–H and O–H groups in total. The molecule has 4 aliphatic heterocycles. The molecule has 12 heteroatoms. The molecule has 0 unspecified atom stereocenters. The Hall–Kier alpha value is -4.94. The molecule has 238 valence electrons. The highest BCUT2D eigenvalue weighted by molar-refractivity contribution is 6.04. The second-order valence-corrected chi connectivity index (χ2v) is 11.8. The molecule has 2 amide bonds. The van der Waals surface area contributed by atoms with Crippen molar-refractivity contribution in [3.05, 3.63) is 70.8 Å². The van der Waals surface area contributed by atoms with E-state index >= 15 is 0 Å². The van der Waals surface area contributed by atoms with Gasteiger partial charge < -0.3 is 39.0 Å². The lowest BCUT2D eigenvalue weighted by molar-refractivity contribution is 0.0743. The predicted octanol–water partition coefficient (Wildman–Crippen LogP) is 3.44. The number of nitrogens with zero attached hydrogens (tertiary/aromatic N) is 4. The van der Waals surface area contributed by atoms with E-state index in [0.717, 1.165) is 11.1 Å². The molecular weight excluding hydrogens is 592 g/mol. The molecule has 46 heavy (non-hydrogen) atoms. The number of carbonyl (C=O) groups excluding carboxylic acids is 2. The van der Waals surface area contributed by atoms with Crippen LogP contribution in [-0.2, 0) is 13.2 Å². The maximum atomic E-state index is 13.2. The fraction of sp³-hybridized carbons (Fsp3) is 0.353. The molecule has 0 aromatic heterocycles. The molecule has 7 rings (SSSR count). The number of hydrogen-bond acceptors (Lipinski definition) is 10. The van der Waals surface area contributed by atoms with E-state index in [1.165, 1.54) is 14.2 Å². The van der Waals surface area contributed by atoms with Crippen LogP contribution >= 0.6 is 0 Å². The summed E-state index contributed by atoms with van der Waals surface area (Å²) in [7, 11) is 3.04. The van der Waals surface area contributed by atoms with E-state index in [0.29, 0.717) is 58.3 Å². The third kappa shape index (κ3) is 5.54. The fourth-order valence-corrected chi connectivity index (χ4v) is 6.41. The Morgan fingerprint density at radius 3 is 1.59 bits per heavy atom. The molecule has 0 radical (unpaired) electrons. The Morgan fingerprint density at radius 1 is 0.696 bits per heavy atom. The molecule has 4 aliphatic rings. The van der Waals surface area contributed by atoms with Crippen molar-refractivity contribution in [2.24, 2.45) is 9.98 Å². The molecule has 0 aliphatic carbocycles. The van der Waals surface area contributed by atoms with Crippen LogP contribution < -0.4 is 18.9 Å². The number of aliphatic hydroxyl groups is 2. The van der Waals surface area contributed by atoms with Gasteiger partial charge in [0.05, 0.1) is 61.0 Å². The van der Waals surface area contributed by atoms with E-state index in [1.807, 2.05) is 24.3 Å². The number of aliphatic imine (C=N–C) groups is 2. The van der Waals surface area contributed by atoms with Gasteiger partial charge in [-0.1, -0.05) is 18.2 Å². The van der Waals surface area contributed by atoms with Gasteiger partial charge in [0.1, 0.15) is 13.2 Å². The number of ether oxygens (including phenoxy) is 4. The quantitative estimate of drug-likeness (QED) is 0.387. The second kappa shape index (κ2) is 12.1.